The normalized spacial score (nSPS) is 22.0. The Labute approximate surface area is 114 Å². The van der Waals surface area contributed by atoms with Crippen molar-refractivity contribution in [1.29, 1.82) is 0 Å². The van der Waals surface area contributed by atoms with Gasteiger partial charge in [0.05, 0.1) is 0 Å². The zero-order valence-electron chi connectivity index (χ0n) is 10.7. The van der Waals surface area contributed by atoms with Crippen molar-refractivity contribution in [1.82, 2.24) is 15.5 Å². The standard InChI is InChI=1S/C13H21N3O.ClH/c1-2-4-11(3-1)13-15-12(17-16-13)9-10-5-7-14-8-6-10;/h10-11,14H,1-9H2;1H. The molecule has 1 saturated heterocycles. The Balaban J connectivity index is 0.00000120. The molecule has 0 aromatic carbocycles. The van der Waals surface area contributed by atoms with Crippen LogP contribution in [0.2, 0.25) is 0 Å². The van der Waals surface area contributed by atoms with E-state index < -0.39 is 0 Å². The monoisotopic (exact) mass is 271 g/mol. The van der Waals surface area contributed by atoms with Crippen molar-refractivity contribution in [3.63, 3.8) is 0 Å². The molecular weight excluding hydrogens is 250 g/mol. The average Bonchev–Trinajstić information content (AvgIpc) is 3.00. The number of rotatable bonds is 3. The predicted molar refractivity (Wildman–Crippen MR) is 72.1 cm³/mol. The zero-order valence-corrected chi connectivity index (χ0v) is 11.5. The summed E-state index contributed by atoms with van der Waals surface area (Å²) in [6.45, 7) is 2.27. The minimum atomic E-state index is 0. The number of aromatic nitrogens is 2. The number of nitrogens with zero attached hydrogens (tertiary/aromatic N) is 2. The molecule has 18 heavy (non-hydrogen) atoms. The molecule has 1 N–H and O–H groups in total. The molecule has 0 bridgehead atoms. The molecule has 0 atom stereocenters. The number of piperidine rings is 1. The van der Waals surface area contributed by atoms with Crippen LogP contribution in [-0.4, -0.2) is 23.2 Å². The van der Waals surface area contributed by atoms with Crippen LogP contribution in [0.4, 0.5) is 0 Å². The van der Waals surface area contributed by atoms with Gasteiger partial charge in [-0.2, -0.15) is 4.98 Å². The Morgan fingerprint density at radius 2 is 1.83 bits per heavy atom. The van der Waals surface area contributed by atoms with Gasteiger partial charge in [0.1, 0.15) is 0 Å². The van der Waals surface area contributed by atoms with Crippen LogP contribution in [0.25, 0.3) is 0 Å². The SMILES string of the molecule is C1CCC(c2noc(CC3CCNCC3)n2)C1.Cl. The van der Waals surface area contributed by atoms with Gasteiger partial charge in [0.2, 0.25) is 5.89 Å². The maximum absolute atomic E-state index is 5.40. The smallest absolute Gasteiger partial charge is 0.226 e. The third-order valence-electron chi connectivity index (χ3n) is 4.13. The van der Waals surface area contributed by atoms with Gasteiger partial charge < -0.3 is 9.84 Å². The lowest BCUT2D eigenvalue weighted by Gasteiger charge is -2.20. The average molecular weight is 272 g/mol. The highest BCUT2D eigenvalue weighted by Crippen LogP contribution is 2.32. The lowest BCUT2D eigenvalue weighted by molar-refractivity contribution is 0.311. The second-order valence-electron chi connectivity index (χ2n) is 5.43. The predicted octanol–water partition coefficient (Wildman–Crippen LogP) is 2.69. The van der Waals surface area contributed by atoms with Crippen molar-refractivity contribution in [3.05, 3.63) is 11.7 Å². The molecule has 1 aromatic rings. The topological polar surface area (TPSA) is 51.0 Å². The van der Waals surface area contributed by atoms with Gasteiger partial charge in [0, 0.05) is 12.3 Å². The van der Waals surface area contributed by atoms with E-state index in [0.717, 1.165) is 37.1 Å². The molecule has 1 aliphatic heterocycles. The number of nitrogens with one attached hydrogen (secondary N) is 1. The largest absolute Gasteiger partial charge is 0.339 e. The molecule has 4 nitrogen and oxygen atoms in total. The molecule has 1 aliphatic carbocycles. The summed E-state index contributed by atoms with van der Waals surface area (Å²) in [4.78, 5) is 4.59. The van der Waals surface area contributed by atoms with E-state index >= 15 is 0 Å². The molecule has 5 heteroatoms. The molecule has 0 spiro atoms. The third kappa shape index (κ3) is 3.23. The molecule has 3 rings (SSSR count). The third-order valence-corrected chi connectivity index (χ3v) is 4.13. The highest BCUT2D eigenvalue weighted by molar-refractivity contribution is 5.85. The Morgan fingerprint density at radius 1 is 1.11 bits per heavy atom. The van der Waals surface area contributed by atoms with Crippen LogP contribution in [0.1, 0.15) is 56.2 Å². The fourth-order valence-electron chi connectivity index (χ4n) is 3.03. The van der Waals surface area contributed by atoms with Crippen LogP contribution in [0.3, 0.4) is 0 Å². The van der Waals surface area contributed by atoms with Crippen LogP contribution < -0.4 is 5.32 Å². The van der Waals surface area contributed by atoms with Crippen LogP contribution in [0, 0.1) is 5.92 Å². The highest BCUT2D eigenvalue weighted by Gasteiger charge is 2.23. The van der Waals surface area contributed by atoms with Crippen molar-refractivity contribution in [3.8, 4) is 0 Å². The first kappa shape index (κ1) is 13.8. The van der Waals surface area contributed by atoms with Crippen LogP contribution in [0.5, 0.6) is 0 Å². The van der Waals surface area contributed by atoms with Crippen molar-refractivity contribution < 1.29 is 4.52 Å². The summed E-state index contributed by atoms with van der Waals surface area (Å²) in [5.74, 6) is 3.12. The van der Waals surface area contributed by atoms with Gasteiger partial charge in [0.15, 0.2) is 5.82 Å². The van der Waals surface area contributed by atoms with E-state index in [0.29, 0.717) is 5.92 Å². The molecule has 0 amide bonds. The molecule has 2 aliphatic rings. The maximum Gasteiger partial charge on any atom is 0.226 e. The number of halogens is 1. The van der Waals surface area contributed by atoms with Gasteiger partial charge >= 0.3 is 0 Å². The summed E-state index contributed by atoms with van der Waals surface area (Å²) in [5, 5.41) is 7.55. The van der Waals surface area contributed by atoms with Gasteiger partial charge in [0.25, 0.3) is 0 Å². The molecule has 2 heterocycles. The molecular formula is C13H22ClN3O. The van der Waals surface area contributed by atoms with Gasteiger partial charge in [-0.3, -0.25) is 0 Å². The minimum absolute atomic E-state index is 0. The fraction of sp³-hybridized carbons (Fsp3) is 0.846. The van der Waals surface area contributed by atoms with E-state index in [9.17, 15) is 0 Å². The van der Waals surface area contributed by atoms with Crippen molar-refractivity contribution >= 4 is 12.4 Å². The van der Waals surface area contributed by atoms with Gasteiger partial charge in [-0.1, -0.05) is 18.0 Å². The van der Waals surface area contributed by atoms with Crippen molar-refractivity contribution in [2.75, 3.05) is 13.1 Å². The second kappa shape index (κ2) is 6.53. The van der Waals surface area contributed by atoms with E-state index in [2.05, 4.69) is 15.5 Å². The van der Waals surface area contributed by atoms with Gasteiger partial charge in [-0.25, -0.2) is 0 Å². The molecule has 1 saturated carbocycles. The van der Waals surface area contributed by atoms with Crippen LogP contribution in [-0.2, 0) is 6.42 Å². The second-order valence-corrected chi connectivity index (χ2v) is 5.43. The lowest BCUT2D eigenvalue weighted by Crippen LogP contribution is -2.28. The first-order valence-corrected chi connectivity index (χ1v) is 6.95. The summed E-state index contributed by atoms with van der Waals surface area (Å²) in [6.07, 6.45) is 8.58. The molecule has 102 valence electrons. The van der Waals surface area contributed by atoms with Crippen LogP contribution >= 0.6 is 12.4 Å². The quantitative estimate of drug-likeness (QED) is 0.918. The summed E-state index contributed by atoms with van der Waals surface area (Å²) in [6, 6.07) is 0. The minimum Gasteiger partial charge on any atom is -0.339 e. The summed E-state index contributed by atoms with van der Waals surface area (Å²) in [5.41, 5.74) is 0. The van der Waals surface area contributed by atoms with Gasteiger partial charge in [-0.15, -0.1) is 12.4 Å². The van der Waals surface area contributed by atoms with E-state index in [-0.39, 0.29) is 12.4 Å². The number of hydrogen-bond acceptors (Lipinski definition) is 4. The molecule has 2 fully saturated rings. The summed E-state index contributed by atoms with van der Waals surface area (Å²) in [7, 11) is 0. The lowest BCUT2D eigenvalue weighted by atomic mass is 9.95. The van der Waals surface area contributed by atoms with E-state index in [1.807, 2.05) is 0 Å². The Hall–Kier alpha value is -0.610. The van der Waals surface area contributed by atoms with Crippen molar-refractivity contribution in [2.24, 2.45) is 5.92 Å². The summed E-state index contributed by atoms with van der Waals surface area (Å²) < 4.78 is 5.40. The van der Waals surface area contributed by atoms with Crippen molar-refractivity contribution in [2.45, 2.75) is 50.9 Å². The maximum atomic E-state index is 5.40. The fourth-order valence-corrected chi connectivity index (χ4v) is 3.03. The first-order chi connectivity index (χ1) is 8.42. The zero-order chi connectivity index (χ0) is 11.5. The molecule has 0 radical (unpaired) electrons. The molecule has 0 unspecified atom stereocenters. The Morgan fingerprint density at radius 3 is 2.56 bits per heavy atom. The highest BCUT2D eigenvalue weighted by atomic mass is 35.5. The van der Waals surface area contributed by atoms with E-state index in [4.69, 9.17) is 4.52 Å². The van der Waals surface area contributed by atoms with Gasteiger partial charge in [-0.05, 0) is 44.7 Å². The Bertz CT molecular complexity index is 357. The van der Waals surface area contributed by atoms with E-state index in [1.54, 1.807) is 0 Å². The Kier molecular flexibility index (Phi) is 5.01. The number of hydrogen-bond donors (Lipinski definition) is 1. The summed E-state index contributed by atoms with van der Waals surface area (Å²) >= 11 is 0. The molecule has 1 aromatic heterocycles. The van der Waals surface area contributed by atoms with Crippen LogP contribution in [0.15, 0.2) is 4.52 Å². The van der Waals surface area contributed by atoms with E-state index in [1.165, 1.54) is 38.5 Å². The first-order valence-electron chi connectivity index (χ1n) is 6.95.